The van der Waals surface area contributed by atoms with Crippen LogP contribution in [-0.4, -0.2) is 32.8 Å². The second-order valence-corrected chi connectivity index (χ2v) is 7.23. The first-order valence-electron chi connectivity index (χ1n) is 9.07. The highest BCUT2D eigenvalue weighted by molar-refractivity contribution is 5.74. The normalized spacial score (nSPS) is 20.0. The number of benzene rings is 1. The third kappa shape index (κ3) is 3.14. The van der Waals surface area contributed by atoms with Crippen molar-refractivity contribution in [3.63, 3.8) is 0 Å². The molecule has 3 aromatic rings. The van der Waals surface area contributed by atoms with Crippen molar-refractivity contribution in [1.82, 2.24) is 19.7 Å². The summed E-state index contributed by atoms with van der Waals surface area (Å²) in [6.07, 6.45) is -0.162. The van der Waals surface area contributed by atoms with E-state index in [0.717, 1.165) is 37.0 Å². The van der Waals surface area contributed by atoms with Gasteiger partial charge in [-0.2, -0.15) is 23.3 Å². The minimum atomic E-state index is -4.34. The molecular formula is C19H20F3N5O. The van der Waals surface area contributed by atoms with Gasteiger partial charge in [0.2, 0.25) is 5.95 Å². The predicted octanol–water partition coefficient (Wildman–Crippen LogP) is 3.45. The van der Waals surface area contributed by atoms with E-state index < -0.39 is 11.7 Å². The van der Waals surface area contributed by atoms with Crippen molar-refractivity contribution in [2.75, 3.05) is 11.9 Å². The number of H-pyrrole nitrogens is 1. The lowest BCUT2D eigenvalue weighted by molar-refractivity contribution is -0.137. The van der Waals surface area contributed by atoms with E-state index in [1.165, 1.54) is 6.20 Å². The summed E-state index contributed by atoms with van der Waals surface area (Å²) in [4.78, 5) is 21.6. The van der Waals surface area contributed by atoms with Gasteiger partial charge in [-0.05, 0) is 30.5 Å². The van der Waals surface area contributed by atoms with Crippen LogP contribution in [0.15, 0.2) is 35.3 Å². The van der Waals surface area contributed by atoms with Gasteiger partial charge in [0.15, 0.2) is 5.65 Å². The summed E-state index contributed by atoms with van der Waals surface area (Å²) in [5, 5.41) is 4.49. The van der Waals surface area contributed by atoms with E-state index in [9.17, 15) is 18.0 Å². The zero-order chi connectivity index (χ0) is 20.1. The number of likely N-dealkylation sites (N-methyl/N-ethyl adjacent to an activating group) is 1. The maximum absolute atomic E-state index is 12.8. The minimum Gasteiger partial charge on any atom is -0.342 e. The van der Waals surface area contributed by atoms with E-state index in [1.54, 1.807) is 23.9 Å². The molecule has 0 unspecified atom stereocenters. The Hall–Kier alpha value is -2.84. The molecule has 4 rings (SSSR count). The first-order chi connectivity index (χ1) is 13.3. The van der Waals surface area contributed by atoms with Crippen LogP contribution in [0.5, 0.6) is 0 Å². The molecule has 1 aliphatic rings. The molecule has 148 valence electrons. The molecule has 2 heterocycles. The van der Waals surface area contributed by atoms with E-state index >= 15 is 0 Å². The Morgan fingerprint density at radius 2 is 1.93 bits per heavy atom. The highest BCUT2D eigenvalue weighted by Crippen LogP contribution is 2.39. The summed E-state index contributed by atoms with van der Waals surface area (Å²) < 4.78 is 40.1. The van der Waals surface area contributed by atoms with Gasteiger partial charge in [-0.25, -0.2) is 0 Å². The van der Waals surface area contributed by atoms with Gasteiger partial charge in [0.05, 0.1) is 11.8 Å². The number of nitrogens with one attached hydrogen (secondary N) is 1. The molecule has 2 atom stereocenters. The zero-order valence-electron chi connectivity index (χ0n) is 15.5. The largest absolute Gasteiger partial charge is 0.416 e. The third-order valence-electron chi connectivity index (χ3n) is 5.57. The number of fused-ring (bicyclic) bond motifs is 1. The van der Waals surface area contributed by atoms with E-state index in [1.807, 2.05) is 11.9 Å². The Morgan fingerprint density at radius 3 is 2.61 bits per heavy atom. The van der Waals surface area contributed by atoms with Crippen molar-refractivity contribution < 1.29 is 13.2 Å². The van der Waals surface area contributed by atoms with Gasteiger partial charge in [0.1, 0.15) is 5.39 Å². The number of aryl methyl sites for hydroxylation is 1. The lowest BCUT2D eigenvalue weighted by Crippen LogP contribution is -2.36. The number of aromatic nitrogens is 4. The van der Waals surface area contributed by atoms with Crippen LogP contribution in [0.25, 0.3) is 11.0 Å². The number of anilines is 1. The number of rotatable bonds is 3. The van der Waals surface area contributed by atoms with Crippen LogP contribution in [-0.2, 0) is 13.2 Å². The van der Waals surface area contributed by atoms with Gasteiger partial charge in [-0.1, -0.05) is 18.6 Å². The molecule has 0 spiro atoms. The lowest BCUT2D eigenvalue weighted by Gasteiger charge is -2.30. The summed E-state index contributed by atoms with van der Waals surface area (Å²) >= 11 is 0. The zero-order valence-corrected chi connectivity index (χ0v) is 15.5. The molecule has 6 nitrogen and oxygen atoms in total. The van der Waals surface area contributed by atoms with Crippen molar-refractivity contribution in [2.24, 2.45) is 7.05 Å². The quantitative estimate of drug-likeness (QED) is 0.743. The number of alkyl halides is 3. The van der Waals surface area contributed by atoms with Gasteiger partial charge in [0.25, 0.3) is 5.56 Å². The fraction of sp³-hybridized carbons (Fsp3) is 0.421. The van der Waals surface area contributed by atoms with Crippen molar-refractivity contribution in [3.05, 3.63) is 51.9 Å². The van der Waals surface area contributed by atoms with Crippen LogP contribution in [0.2, 0.25) is 0 Å². The van der Waals surface area contributed by atoms with E-state index in [2.05, 4.69) is 15.1 Å². The van der Waals surface area contributed by atoms with Crippen LogP contribution >= 0.6 is 0 Å². The lowest BCUT2D eigenvalue weighted by atomic mass is 9.92. The fourth-order valence-corrected chi connectivity index (χ4v) is 4.06. The highest BCUT2D eigenvalue weighted by atomic mass is 19.4. The number of hydrogen-bond donors (Lipinski definition) is 1. The predicted molar refractivity (Wildman–Crippen MR) is 99.4 cm³/mol. The highest BCUT2D eigenvalue weighted by Gasteiger charge is 2.34. The SMILES string of the molecule is CN(c1nc2c(cnn2C)c(=O)[nH]1)[C@H]1CCC[C@@H]1c1ccc(C(F)(F)F)cc1. The first-order valence-corrected chi connectivity index (χ1v) is 9.07. The fourth-order valence-electron chi connectivity index (χ4n) is 4.06. The van der Waals surface area contributed by atoms with Crippen LogP contribution in [0.3, 0.4) is 0 Å². The maximum atomic E-state index is 12.8. The second-order valence-electron chi connectivity index (χ2n) is 7.23. The third-order valence-corrected chi connectivity index (χ3v) is 5.57. The molecule has 0 amide bonds. The molecule has 0 radical (unpaired) electrons. The summed E-state index contributed by atoms with van der Waals surface area (Å²) in [5.74, 6) is 0.504. The Balaban J connectivity index is 1.65. The molecule has 0 saturated heterocycles. The molecule has 1 aromatic carbocycles. The smallest absolute Gasteiger partial charge is 0.342 e. The van der Waals surface area contributed by atoms with E-state index in [0.29, 0.717) is 17.0 Å². The summed E-state index contributed by atoms with van der Waals surface area (Å²) in [7, 11) is 3.58. The molecule has 1 fully saturated rings. The minimum absolute atomic E-state index is 0.0329. The Labute approximate surface area is 159 Å². The van der Waals surface area contributed by atoms with Crippen LogP contribution in [0.4, 0.5) is 19.1 Å². The van der Waals surface area contributed by atoms with Gasteiger partial charge in [0, 0.05) is 26.1 Å². The topological polar surface area (TPSA) is 66.8 Å². The summed E-state index contributed by atoms with van der Waals surface area (Å²) in [6.45, 7) is 0. The van der Waals surface area contributed by atoms with E-state index in [4.69, 9.17) is 0 Å². The summed E-state index contributed by atoms with van der Waals surface area (Å²) in [6, 6.07) is 5.41. The second kappa shape index (κ2) is 6.65. The molecule has 0 aliphatic heterocycles. The summed E-state index contributed by atoms with van der Waals surface area (Å²) in [5.41, 5.74) is 0.455. The average molecular weight is 391 g/mol. The average Bonchev–Trinajstić information content (AvgIpc) is 3.28. The molecular weight excluding hydrogens is 371 g/mol. The Morgan fingerprint density at radius 1 is 1.21 bits per heavy atom. The molecule has 28 heavy (non-hydrogen) atoms. The Kier molecular flexibility index (Phi) is 4.40. The number of aromatic amines is 1. The monoisotopic (exact) mass is 391 g/mol. The van der Waals surface area contributed by atoms with Crippen molar-refractivity contribution >= 4 is 17.0 Å². The van der Waals surface area contributed by atoms with Crippen LogP contribution in [0.1, 0.15) is 36.3 Å². The van der Waals surface area contributed by atoms with E-state index in [-0.39, 0.29) is 17.5 Å². The Bertz CT molecular complexity index is 1050. The van der Waals surface area contributed by atoms with Gasteiger partial charge >= 0.3 is 6.18 Å². The van der Waals surface area contributed by atoms with Crippen molar-refractivity contribution in [1.29, 1.82) is 0 Å². The maximum Gasteiger partial charge on any atom is 0.416 e. The van der Waals surface area contributed by atoms with Crippen LogP contribution < -0.4 is 10.5 Å². The molecule has 1 saturated carbocycles. The standard InChI is InChI=1S/C19H20F3N5O/c1-26(18-24-16-14(17(28)25-18)10-23-27(16)2)15-5-3-4-13(15)11-6-8-12(9-7-11)19(20,21)22/h6-10,13,15H,3-5H2,1-2H3,(H,24,25,28)/t13-,15+/m1/s1. The van der Waals surface area contributed by atoms with Crippen molar-refractivity contribution in [3.8, 4) is 0 Å². The number of hydrogen-bond acceptors (Lipinski definition) is 4. The van der Waals surface area contributed by atoms with Crippen molar-refractivity contribution in [2.45, 2.75) is 37.4 Å². The van der Waals surface area contributed by atoms with Gasteiger partial charge < -0.3 is 4.90 Å². The van der Waals surface area contributed by atoms with Crippen LogP contribution in [0, 0.1) is 0 Å². The number of nitrogens with zero attached hydrogens (tertiary/aromatic N) is 4. The molecule has 9 heteroatoms. The molecule has 2 aromatic heterocycles. The molecule has 1 N–H and O–H groups in total. The molecule has 1 aliphatic carbocycles. The van der Waals surface area contributed by atoms with Gasteiger partial charge in [-0.3, -0.25) is 14.5 Å². The number of halogens is 3. The first kappa shape index (κ1) is 18.5. The van der Waals surface area contributed by atoms with Gasteiger partial charge in [-0.15, -0.1) is 0 Å². The molecule has 0 bridgehead atoms.